The zero-order chi connectivity index (χ0) is 13.8. The lowest BCUT2D eigenvalue weighted by Crippen LogP contribution is -2.29. The van der Waals surface area contributed by atoms with Gasteiger partial charge in [0.05, 0.1) is 13.2 Å². The number of aryl methyl sites for hydroxylation is 1. The molecule has 0 aromatic heterocycles. The van der Waals surface area contributed by atoms with Crippen LogP contribution in [0.1, 0.15) is 31.2 Å². The van der Waals surface area contributed by atoms with Gasteiger partial charge in [0.25, 0.3) is 0 Å². The molecule has 0 bridgehead atoms. The van der Waals surface area contributed by atoms with Crippen LogP contribution in [0, 0.1) is 12.8 Å². The van der Waals surface area contributed by atoms with Crippen molar-refractivity contribution in [2.75, 3.05) is 25.6 Å². The summed E-state index contributed by atoms with van der Waals surface area (Å²) in [4.78, 5) is 2.31. The number of methoxy groups -OCH3 is 1. The van der Waals surface area contributed by atoms with Crippen LogP contribution in [0.4, 0.5) is 5.69 Å². The van der Waals surface area contributed by atoms with E-state index in [1.807, 2.05) is 6.07 Å². The maximum atomic E-state index is 9.54. The van der Waals surface area contributed by atoms with Gasteiger partial charge in [0.1, 0.15) is 5.75 Å². The zero-order valence-corrected chi connectivity index (χ0v) is 12.2. The van der Waals surface area contributed by atoms with Crippen LogP contribution in [0.15, 0.2) is 18.2 Å². The van der Waals surface area contributed by atoms with Crippen LogP contribution in [0.5, 0.6) is 5.75 Å². The lowest BCUT2D eigenvalue weighted by molar-refractivity contribution is 0.110. The van der Waals surface area contributed by atoms with Gasteiger partial charge >= 0.3 is 0 Å². The highest BCUT2D eigenvalue weighted by molar-refractivity contribution is 5.52. The maximum absolute atomic E-state index is 9.54. The first kappa shape index (κ1) is 14.2. The molecule has 1 N–H and O–H groups in total. The van der Waals surface area contributed by atoms with Crippen molar-refractivity contribution < 1.29 is 9.84 Å². The van der Waals surface area contributed by atoms with E-state index in [4.69, 9.17) is 4.74 Å². The van der Waals surface area contributed by atoms with Gasteiger partial charge in [0.15, 0.2) is 0 Å². The summed E-state index contributed by atoms with van der Waals surface area (Å²) in [5.41, 5.74) is 2.41. The Morgan fingerprint density at radius 2 is 1.95 bits per heavy atom. The third-order valence-electron chi connectivity index (χ3n) is 4.17. The van der Waals surface area contributed by atoms with Crippen molar-refractivity contribution in [2.45, 2.75) is 38.7 Å². The number of rotatable bonds is 4. The summed E-state index contributed by atoms with van der Waals surface area (Å²) in [6.07, 6.45) is 4.13. The minimum atomic E-state index is -0.0650. The van der Waals surface area contributed by atoms with E-state index in [0.717, 1.165) is 38.0 Å². The van der Waals surface area contributed by atoms with Gasteiger partial charge in [0.2, 0.25) is 0 Å². The monoisotopic (exact) mass is 263 g/mol. The molecule has 0 radical (unpaired) electrons. The van der Waals surface area contributed by atoms with E-state index in [1.165, 1.54) is 11.3 Å². The Hall–Kier alpha value is -1.22. The fourth-order valence-electron chi connectivity index (χ4n) is 2.92. The number of ether oxygens (including phenoxy) is 1. The van der Waals surface area contributed by atoms with Crippen LogP contribution in [-0.2, 0) is 0 Å². The molecule has 1 aromatic carbocycles. The summed E-state index contributed by atoms with van der Waals surface area (Å²) in [6.45, 7) is 3.14. The van der Waals surface area contributed by atoms with Gasteiger partial charge in [-0.25, -0.2) is 0 Å². The summed E-state index contributed by atoms with van der Waals surface area (Å²) in [5, 5.41) is 9.54. The van der Waals surface area contributed by atoms with E-state index < -0.39 is 0 Å². The van der Waals surface area contributed by atoms with Crippen molar-refractivity contribution in [3.05, 3.63) is 23.8 Å². The van der Waals surface area contributed by atoms with E-state index in [0.29, 0.717) is 5.92 Å². The molecule has 1 aliphatic rings. The molecule has 3 heteroatoms. The number of hydrogen-bond donors (Lipinski definition) is 1. The quantitative estimate of drug-likeness (QED) is 0.906. The number of aliphatic hydroxyl groups is 1. The molecule has 0 saturated heterocycles. The van der Waals surface area contributed by atoms with E-state index in [1.54, 1.807) is 7.11 Å². The van der Waals surface area contributed by atoms with Crippen LogP contribution < -0.4 is 9.64 Å². The molecule has 106 valence electrons. The summed E-state index contributed by atoms with van der Waals surface area (Å²) < 4.78 is 5.30. The molecule has 19 heavy (non-hydrogen) atoms. The summed E-state index contributed by atoms with van der Waals surface area (Å²) in [5.74, 6) is 1.65. The summed E-state index contributed by atoms with van der Waals surface area (Å²) >= 11 is 0. The summed E-state index contributed by atoms with van der Waals surface area (Å²) in [7, 11) is 3.85. The van der Waals surface area contributed by atoms with Gasteiger partial charge in [0, 0.05) is 19.3 Å². The highest BCUT2D eigenvalue weighted by Crippen LogP contribution is 2.28. The molecule has 2 rings (SSSR count). The molecule has 0 spiro atoms. The zero-order valence-electron chi connectivity index (χ0n) is 12.2. The van der Waals surface area contributed by atoms with E-state index in [9.17, 15) is 5.11 Å². The number of benzene rings is 1. The molecular formula is C16H25NO2. The Kier molecular flexibility index (Phi) is 4.70. The maximum Gasteiger partial charge on any atom is 0.121 e. The van der Waals surface area contributed by atoms with Gasteiger partial charge in [-0.1, -0.05) is 0 Å². The van der Waals surface area contributed by atoms with Crippen LogP contribution in [-0.4, -0.2) is 31.9 Å². The molecule has 0 amide bonds. The van der Waals surface area contributed by atoms with Crippen molar-refractivity contribution in [3.8, 4) is 5.75 Å². The van der Waals surface area contributed by atoms with Crippen LogP contribution in [0.25, 0.3) is 0 Å². The normalized spacial score (nSPS) is 23.2. The minimum Gasteiger partial charge on any atom is -0.496 e. The number of nitrogens with zero attached hydrogens (tertiary/aromatic N) is 1. The van der Waals surface area contributed by atoms with Crippen molar-refractivity contribution in [1.29, 1.82) is 0 Å². The number of anilines is 1. The van der Waals surface area contributed by atoms with Gasteiger partial charge < -0.3 is 14.7 Å². The second kappa shape index (κ2) is 6.29. The van der Waals surface area contributed by atoms with Crippen molar-refractivity contribution in [2.24, 2.45) is 5.92 Å². The fraction of sp³-hybridized carbons (Fsp3) is 0.625. The Bertz CT molecular complexity index is 411. The van der Waals surface area contributed by atoms with Crippen LogP contribution in [0.2, 0.25) is 0 Å². The van der Waals surface area contributed by atoms with Gasteiger partial charge in [-0.15, -0.1) is 0 Å². The summed E-state index contributed by atoms with van der Waals surface area (Å²) in [6, 6.07) is 6.33. The average molecular weight is 263 g/mol. The average Bonchev–Trinajstić information content (AvgIpc) is 2.41. The molecule has 0 unspecified atom stereocenters. The molecule has 3 nitrogen and oxygen atoms in total. The third kappa shape index (κ3) is 3.63. The molecule has 0 heterocycles. The van der Waals surface area contributed by atoms with Crippen molar-refractivity contribution >= 4 is 5.69 Å². The lowest BCUT2D eigenvalue weighted by Gasteiger charge is -2.30. The molecule has 0 atom stereocenters. The van der Waals surface area contributed by atoms with Crippen molar-refractivity contribution in [1.82, 2.24) is 0 Å². The predicted molar refractivity (Wildman–Crippen MR) is 79.0 cm³/mol. The Morgan fingerprint density at radius 1 is 1.26 bits per heavy atom. The van der Waals surface area contributed by atoms with E-state index in [2.05, 4.69) is 31.0 Å². The van der Waals surface area contributed by atoms with Crippen LogP contribution in [0.3, 0.4) is 0 Å². The first-order chi connectivity index (χ1) is 9.10. The standard InChI is InChI=1S/C16H25NO2/c1-12-10-14(6-9-16(12)19-3)17(2)11-13-4-7-15(18)8-5-13/h6,9-10,13,15,18H,4-5,7-8,11H2,1-3H3. The molecule has 1 aliphatic carbocycles. The molecule has 1 fully saturated rings. The Balaban J connectivity index is 1.96. The smallest absolute Gasteiger partial charge is 0.121 e. The second-order valence-electron chi connectivity index (χ2n) is 5.71. The highest BCUT2D eigenvalue weighted by Gasteiger charge is 2.20. The van der Waals surface area contributed by atoms with Crippen molar-refractivity contribution in [3.63, 3.8) is 0 Å². The Labute approximate surface area is 116 Å². The first-order valence-corrected chi connectivity index (χ1v) is 7.14. The second-order valence-corrected chi connectivity index (χ2v) is 5.71. The lowest BCUT2D eigenvalue weighted by atomic mass is 9.87. The largest absolute Gasteiger partial charge is 0.496 e. The van der Waals surface area contributed by atoms with Gasteiger partial charge in [-0.3, -0.25) is 0 Å². The first-order valence-electron chi connectivity index (χ1n) is 7.14. The van der Waals surface area contributed by atoms with E-state index in [-0.39, 0.29) is 6.10 Å². The minimum absolute atomic E-state index is 0.0650. The van der Waals surface area contributed by atoms with Crippen LogP contribution >= 0.6 is 0 Å². The third-order valence-corrected chi connectivity index (χ3v) is 4.17. The number of aliphatic hydroxyl groups excluding tert-OH is 1. The Morgan fingerprint density at radius 3 is 2.53 bits per heavy atom. The fourth-order valence-corrected chi connectivity index (χ4v) is 2.92. The van der Waals surface area contributed by atoms with Gasteiger partial charge in [-0.05, 0) is 62.3 Å². The molecule has 1 aromatic rings. The number of hydrogen-bond acceptors (Lipinski definition) is 3. The SMILES string of the molecule is COc1ccc(N(C)CC2CCC(O)CC2)cc1C. The topological polar surface area (TPSA) is 32.7 Å². The predicted octanol–water partition coefficient (Wildman–Crippen LogP) is 2.99. The van der Waals surface area contributed by atoms with E-state index >= 15 is 0 Å². The molecule has 0 aliphatic heterocycles. The highest BCUT2D eigenvalue weighted by atomic mass is 16.5. The molecular weight excluding hydrogens is 238 g/mol. The molecule has 1 saturated carbocycles. The van der Waals surface area contributed by atoms with Gasteiger partial charge in [-0.2, -0.15) is 0 Å².